The number of carboxylic acids is 1. The van der Waals surface area contributed by atoms with E-state index in [1.54, 1.807) is 12.1 Å². The van der Waals surface area contributed by atoms with Crippen LogP contribution in [0.1, 0.15) is 11.1 Å². The SMILES string of the molecule is COc1cc(C#N)ccc1/C=C/C(=O)[O-]. The van der Waals surface area contributed by atoms with E-state index in [2.05, 4.69) is 0 Å². The molecule has 0 unspecified atom stereocenters. The second-order valence-corrected chi connectivity index (χ2v) is 2.72. The molecule has 4 heteroatoms. The smallest absolute Gasteiger partial charge is 0.127 e. The minimum atomic E-state index is -1.28. The maximum absolute atomic E-state index is 10.2. The van der Waals surface area contributed by atoms with E-state index in [-0.39, 0.29) is 0 Å². The number of ether oxygens (including phenoxy) is 1. The predicted molar refractivity (Wildman–Crippen MR) is 51.8 cm³/mol. The van der Waals surface area contributed by atoms with Gasteiger partial charge in [-0.3, -0.25) is 0 Å². The second kappa shape index (κ2) is 4.82. The fourth-order valence-corrected chi connectivity index (χ4v) is 1.08. The lowest BCUT2D eigenvalue weighted by molar-refractivity contribution is -0.297. The third-order valence-corrected chi connectivity index (χ3v) is 1.76. The Labute approximate surface area is 87.0 Å². The van der Waals surface area contributed by atoms with Crippen molar-refractivity contribution >= 4 is 12.0 Å². The molecule has 4 nitrogen and oxygen atoms in total. The van der Waals surface area contributed by atoms with E-state index < -0.39 is 5.97 Å². The van der Waals surface area contributed by atoms with E-state index in [0.29, 0.717) is 16.9 Å². The van der Waals surface area contributed by atoms with E-state index in [0.717, 1.165) is 6.08 Å². The van der Waals surface area contributed by atoms with Crippen LogP contribution in [0.2, 0.25) is 0 Å². The van der Waals surface area contributed by atoms with Gasteiger partial charge in [0.25, 0.3) is 0 Å². The van der Waals surface area contributed by atoms with Gasteiger partial charge in [0.1, 0.15) is 5.75 Å². The third-order valence-electron chi connectivity index (χ3n) is 1.76. The zero-order valence-corrected chi connectivity index (χ0v) is 8.06. The van der Waals surface area contributed by atoms with E-state index in [1.807, 2.05) is 6.07 Å². The third kappa shape index (κ3) is 2.85. The fourth-order valence-electron chi connectivity index (χ4n) is 1.08. The first-order chi connectivity index (χ1) is 7.17. The van der Waals surface area contributed by atoms with E-state index >= 15 is 0 Å². The zero-order valence-electron chi connectivity index (χ0n) is 8.06. The molecule has 0 spiro atoms. The summed E-state index contributed by atoms with van der Waals surface area (Å²) in [7, 11) is 1.45. The summed E-state index contributed by atoms with van der Waals surface area (Å²) in [6.45, 7) is 0. The number of hydrogen-bond acceptors (Lipinski definition) is 4. The van der Waals surface area contributed by atoms with Crippen LogP contribution in [0.15, 0.2) is 24.3 Å². The van der Waals surface area contributed by atoms with Crippen LogP contribution in [0.25, 0.3) is 6.08 Å². The molecule has 0 saturated carbocycles. The number of carbonyl (C=O) groups is 1. The highest BCUT2D eigenvalue weighted by molar-refractivity contribution is 5.84. The molecule has 0 fully saturated rings. The molecule has 0 N–H and O–H groups in total. The van der Waals surface area contributed by atoms with Gasteiger partial charge in [-0.05, 0) is 30.4 Å². The van der Waals surface area contributed by atoms with Crippen molar-refractivity contribution in [2.24, 2.45) is 0 Å². The van der Waals surface area contributed by atoms with E-state index in [4.69, 9.17) is 10.00 Å². The molecule has 0 aliphatic heterocycles. The highest BCUT2D eigenvalue weighted by atomic mass is 16.5. The quantitative estimate of drug-likeness (QED) is 0.662. The van der Waals surface area contributed by atoms with Crippen LogP contribution in [0.3, 0.4) is 0 Å². The number of rotatable bonds is 3. The Balaban J connectivity index is 3.09. The first-order valence-corrected chi connectivity index (χ1v) is 4.14. The number of methoxy groups -OCH3 is 1. The van der Waals surface area contributed by atoms with Crippen molar-refractivity contribution < 1.29 is 14.6 Å². The summed E-state index contributed by atoms with van der Waals surface area (Å²) in [5, 5.41) is 18.8. The number of hydrogen-bond donors (Lipinski definition) is 0. The molecule has 1 aromatic carbocycles. The molecule has 0 saturated heterocycles. The monoisotopic (exact) mass is 202 g/mol. The number of benzene rings is 1. The lowest BCUT2D eigenvalue weighted by Gasteiger charge is -2.04. The van der Waals surface area contributed by atoms with Crippen LogP contribution < -0.4 is 9.84 Å². The molecule has 1 rings (SSSR count). The number of aliphatic carboxylic acids is 1. The molecule has 0 aromatic heterocycles. The second-order valence-electron chi connectivity index (χ2n) is 2.72. The van der Waals surface area contributed by atoms with E-state index in [9.17, 15) is 9.90 Å². The largest absolute Gasteiger partial charge is 0.545 e. The molecule has 0 bridgehead atoms. The molecule has 0 amide bonds. The summed E-state index contributed by atoms with van der Waals surface area (Å²) in [5.41, 5.74) is 1.04. The van der Waals surface area contributed by atoms with Gasteiger partial charge in [0.15, 0.2) is 0 Å². The van der Waals surface area contributed by atoms with Crippen molar-refractivity contribution in [3.8, 4) is 11.8 Å². The Bertz CT molecular complexity index is 444. The fraction of sp³-hybridized carbons (Fsp3) is 0.0909. The molecule has 76 valence electrons. The van der Waals surface area contributed by atoms with Gasteiger partial charge in [0.05, 0.1) is 24.7 Å². The maximum Gasteiger partial charge on any atom is 0.127 e. The Kier molecular flexibility index (Phi) is 3.47. The first kappa shape index (κ1) is 10.8. The highest BCUT2D eigenvalue weighted by Gasteiger charge is 2.00. The van der Waals surface area contributed by atoms with Gasteiger partial charge in [-0.25, -0.2) is 0 Å². The van der Waals surface area contributed by atoms with Crippen molar-refractivity contribution in [3.63, 3.8) is 0 Å². The predicted octanol–water partition coefficient (Wildman–Crippen LogP) is 0.330. The number of carbonyl (C=O) groups excluding carboxylic acids is 1. The summed E-state index contributed by atoms with van der Waals surface area (Å²) in [6, 6.07) is 6.69. The molecule has 1 aromatic rings. The Hall–Kier alpha value is -2.28. The lowest BCUT2D eigenvalue weighted by atomic mass is 10.1. The molecule has 15 heavy (non-hydrogen) atoms. The van der Waals surface area contributed by atoms with Crippen LogP contribution in [0.4, 0.5) is 0 Å². The van der Waals surface area contributed by atoms with Gasteiger partial charge >= 0.3 is 0 Å². The summed E-state index contributed by atoms with van der Waals surface area (Å²) in [5.74, 6) is -0.826. The Morgan fingerprint density at radius 1 is 1.60 bits per heavy atom. The number of carboxylic acid groups (broad SMARTS) is 1. The standard InChI is InChI=1S/C11H9NO3/c1-15-10-6-8(7-12)2-3-9(10)4-5-11(13)14/h2-6H,1H3,(H,13,14)/p-1/b5-4+. The average Bonchev–Trinajstić information content (AvgIpc) is 2.25. The first-order valence-electron chi connectivity index (χ1n) is 4.14. The van der Waals surface area contributed by atoms with Crippen molar-refractivity contribution in [1.82, 2.24) is 0 Å². The van der Waals surface area contributed by atoms with Gasteiger partial charge in [0.2, 0.25) is 0 Å². The summed E-state index contributed by atoms with van der Waals surface area (Å²) in [4.78, 5) is 10.2. The topological polar surface area (TPSA) is 73.1 Å². The van der Waals surface area contributed by atoms with Crippen molar-refractivity contribution in [2.75, 3.05) is 7.11 Å². The van der Waals surface area contributed by atoms with Crippen LogP contribution in [0, 0.1) is 11.3 Å². The van der Waals surface area contributed by atoms with Crippen molar-refractivity contribution in [3.05, 3.63) is 35.4 Å². The number of nitrogens with zero attached hydrogens (tertiary/aromatic N) is 1. The minimum absolute atomic E-state index is 0.451. The molecule has 0 aliphatic carbocycles. The van der Waals surface area contributed by atoms with Crippen LogP contribution >= 0.6 is 0 Å². The van der Waals surface area contributed by atoms with Gasteiger partial charge < -0.3 is 14.6 Å². The van der Waals surface area contributed by atoms with Gasteiger partial charge in [-0.15, -0.1) is 0 Å². The van der Waals surface area contributed by atoms with Crippen molar-refractivity contribution in [1.29, 1.82) is 5.26 Å². The molecule has 0 radical (unpaired) electrons. The lowest BCUT2D eigenvalue weighted by Crippen LogP contribution is -2.18. The number of nitriles is 1. The zero-order chi connectivity index (χ0) is 11.3. The van der Waals surface area contributed by atoms with Crippen molar-refractivity contribution in [2.45, 2.75) is 0 Å². The Morgan fingerprint density at radius 2 is 2.33 bits per heavy atom. The van der Waals surface area contributed by atoms with E-state index in [1.165, 1.54) is 19.3 Å². The molecule has 0 atom stereocenters. The van der Waals surface area contributed by atoms with Gasteiger partial charge in [-0.2, -0.15) is 5.26 Å². The molecular weight excluding hydrogens is 194 g/mol. The normalized spacial score (nSPS) is 9.87. The average molecular weight is 202 g/mol. The van der Waals surface area contributed by atoms with Crippen LogP contribution in [0.5, 0.6) is 5.75 Å². The summed E-state index contributed by atoms with van der Waals surface area (Å²) >= 11 is 0. The van der Waals surface area contributed by atoms with Gasteiger partial charge in [-0.1, -0.05) is 0 Å². The molecular formula is C11H8NO3-. The van der Waals surface area contributed by atoms with Crippen LogP contribution in [-0.4, -0.2) is 13.1 Å². The molecule has 0 aliphatic rings. The van der Waals surface area contributed by atoms with Gasteiger partial charge in [0, 0.05) is 5.56 Å². The minimum Gasteiger partial charge on any atom is -0.545 e. The van der Waals surface area contributed by atoms with Crippen LogP contribution in [-0.2, 0) is 4.79 Å². The summed E-state index contributed by atoms with van der Waals surface area (Å²) < 4.78 is 5.00. The Morgan fingerprint density at radius 3 is 2.87 bits per heavy atom. The molecule has 0 heterocycles. The highest BCUT2D eigenvalue weighted by Crippen LogP contribution is 2.21. The summed E-state index contributed by atoms with van der Waals surface area (Å²) in [6.07, 6.45) is 2.26. The maximum atomic E-state index is 10.2.